The minimum atomic E-state index is -0.149. The van der Waals surface area contributed by atoms with Crippen LogP contribution in [0.5, 0.6) is 0 Å². The van der Waals surface area contributed by atoms with E-state index in [9.17, 15) is 4.79 Å². The Morgan fingerprint density at radius 1 is 1.56 bits per heavy atom. The lowest BCUT2D eigenvalue weighted by molar-refractivity contribution is -0.125. The summed E-state index contributed by atoms with van der Waals surface area (Å²) >= 11 is 5.90. The van der Waals surface area contributed by atoms with Crippen LogP contribution in [0.3, 0.4) is 0 Å². The molecule has 0 saturated carbocycles. The van der Waals surface area contributed by atoms with Gasteiger partial charge in [0.05, 0.1) is 6.04 Å². The molecule has 1 aromatic carbocycles. The third-order valence-electron chi connectivity index (χ3n) is 2.61. The average molecular weight is 241 g/mol. The quantitative estimate of drug-likeness (QED) is 0.872. The Morgan fingerprint density at radius 2 is 2.25 bits per heavy atom. The van der Waals surface area contributed by atoms with E-state index in [0.717, 1.165) is 10.6 Å². The summed E-state index contributed by atoms with van der Waals surface area (Å²) in [6.45, 7) is 2.58. The van der Waals surface area contributed by atoms with E-state index >= 15 is 0 Å². The number of halogens is 1. The van der Waals surface area contributed by atoms with E-state index in [1.807, 2.05) is 43.1 Å². The molecule has 0 radical (unpaired) electrons. The van der Waals surface area contributed by atoms with Gasteiger partial charge >= 0.3 is 0 Å². The molecule has 0 saturated heterocycles. The molecule has 1 aromatic rings. The SMILES string of the molecule is CNC(=O)[C@@H](C)N(C)Cc1cccc(Cl)c1. The van der Waals surface area contributed by atoms with Gasteiger partial charge in [0.25, 0.3) is 0 Å². The second kappa shape index (κ2) is 5.87. The molecule has 0 aliphatic heterocycles. The summed E-state index contributed by atoms with van der Waals surface area (Å²) in [6, 6.07) is 7.51. The van der Waals surface area contributed by atoms with Crippen molar-refractivity contribution in [2.24, 2.45) is 0 Å². The highest BCUT2D eigenvalue weighted by Gasteiger charge is 2.16. The molecule has 4 heteroatoms. The molecule has 1 N–H and O–H groups in total. The van der Waals surface area contributed by atoms with E-state index in [0.29, 0.717) is 6.54 Å². The van der Waals surface area contributed by atoms with Gasteiger partial charge in [-0.2, -0.15) is 0 Å². The Morgan fingerprint density at radius 3 is 2.81 bits per heavy atom. The molecule has 0 unspecified atom stereocenters. The standard InChI is InChI=1S/C12H17ClN2O/c1-9(12(16)14-2)15(3)8-10-5-4-6-11(13)7-10/h4-7,9H,8H2,1-3H3,(H,14,16)/t9-/m1/s1. The topological polar surface area (TPSA) is 32.3 Å². The summed E-state index contributed by atoms with van der Waals surface area (Å²) in [5.74, 6) is 0.0181. The lowest BCUT2D eigenvalue weighted by Crippen LogP contribution is -2.41. The molecule has 3 nitrogen and oxygen atoms in total. The highest BCUT2D eigenvalue weighted by Crippen LogP contribution is 2.13. The first-order valence-electron chi connectivity index (χ1n) is 5.21. The molecular weight excluding hydrogens is 224 g/mol. The van der Waals surface area contributed by atoms with Gasteiger partial charge < -0.3 is 5.32 Å². The fraction of sp³-hybridized carbons (Fsp3) is 0.417. The fourth-order valence-electron chi connectivity index (χ4n) is 1.47. The van der Waals surface area contributed by atoms with Crippen molar-refractivity contribution in [2.45, 2.75) is 19.5 Å². The Labute approximate surface area is 101 Å². The van der Waals surface area contributed by atoms with Gasteiger partial charge in [-0.1, -0.05) is 23.7 Å². The molecule has 1 amide bonds. The predicted octanol–water partition coefficient (Wildman–Crippen LogP) is 1.91. The van der Waals surface area contributed by atoms with Crippen LogP contribution in [-0.4, -0.2) is 30.9 Å². The first-order valence-corrected chi connectivity index (χ1v) is 5.58. The van der Waals surface area contributed by atoms with Crippen molar-refractivity contribution in [1.82, 2.24) is 10.2 Å². The van der Waals surface area contributed by atoms with Crippen LogP contribution in [0.4, 0.5) is 0 Å². The second-order valence-corrected chi connectivity index (χ2v) is 4.27. The number of rotatable bonds is 4. The second-order valence-electron chi connectivity index (χ2n) is 3.84. The highest BCUT2D eigenvalue weighted by atomic mass is 35.5. The number of hydrogen-bond donors (Lipinski definition) is 1. The summed E-state index contributed by atoms with van der Waals surface area (Å²) in [4.78, 5) is 13.4. The lowest BCUT2D eigenvalue weighted by atomic mass is 10.2. The summed E-state index contributed by atoms with van der Waals surface area (Å²) < 4.78 is 0. The van der Waals surface area contributed by atoms with Crippen molar-refractivity contribution < 1.29 is 4.79 Å². The van der Waals surface area contributed by atoms with Crippen LogP contribution >= 0.6 is 11.6 Å². The van der Waals surface area contributed by atoms with Gasteiger partial charge in [-0.15, -0.1) is 0 Å². The third kappa shape index (κ3) is 3.51. The number of nitrogens with zero attached hydrogens (tertiary/aromatic N) is 1. The molecule has 0 heterocycles. The van der Waals surface area contributed by atoms with Crippen LogP contribution in [0, 0.1) is 0 Å². The number of amides is 1. The number of nitrogens with one attached hydrogen (secondary N) is 1. The predicted molar refractivity (Wildman–Crippen MR) is 66.4 cm³/mol. The molecule has 0 aromatic heterocycles. The van der Waals surface area contributed by atoms with Crippen molar-refractivity contribution in [3.05, 3.63) is 34.9 Å². The Balaban J connectivity index is 2.64. The maximum Gasteiger partial charge on any atom is 0.236 e. The fourth-order valence-corrected chi connectivity index (χ4v) is 1.68. The average Bonchev–Trinajstić information content (AvgIpc) is 2.27. The molecule has 0 bridgehead atoms. The van der Waals surface area contributed by atoms with E-state index in [4.69, 9.17) is 11.6 Å². The number of benzene rings is 1. The lowest BCUT2D eigenvalue weighted by Gasteiger charge is -2.23. The van der Waals surface area contributed by atoms with E-state index in [-0.39, 0.29) is 11.9 Å². The largest absolute Gasteiger partial charge is 0.358 e. The highest BCUT2D eigenvalue weighted by molar-refractivity contribution is 6.30. The van der Waals surface area contributed by atoms with E-state index in [1.54, 1.807) is 7.05 Å². The minimum Gasteiger partial charge on any atom is -0.358 e. The summed E-state index contributed by atoms with van der Waals surface area (Å²) in [7, 11) is 3.56. The smallest absolute Gasteiger partial charge is 0.236 e. The van der Waals surface area contributed by atoms with Gasteiger partial charge in [-0.3, -0.25) is 9.69 Å². The summed E-state index contributed by atoms with van der Waals surface area (Å²) in [6.07, 6.45) is 0. The molecule has 0 spiro atoms. The van der Waals surface area contributed by atoms with Gasteiger partial charge in [0, 0.05) is 18.6 Å². The first kappa shape index (κ1) is 13.0. The number of hydrogen-bond acceptors (Lipinski definition) is 2. The van der Waals surface area contributed by atoms with Crippen molar-refractivity contribution in [3.8, 4) is 0 Å². The number of carbonyl (C=O) groups excluding carboxylic acids is 1. The molecule has 1 rings (SSSR count). The van der Waals surface area contributed by atoms with Crippen LogP contribution in [0.15, 0.2) is 24.3 Å². The molecule has 0 aliphatic carbocycles. The van der Waals surface area contributed by atoms with Gasteiger partial charge in [-0.25, -0.2) is 0 Å². The minimum absolute atomic E-state index is 0.0181. The van der Waals surface area contributed by atoms with Crippen molar-refractivity contribution in [2.75, 3.05) is 14.1 Å². The Kier molecular flexibility index (Phi) is 4.77. The van der Waals surface area contributed by atoms with E-state index in [2.05, 4.69) is 5.32 Å². The monoisotopic (exact) mass is 240 g/mol. The Hall–Kier alpha value is -1.06. The van der Waals surface area contributed by atoms with Crippen LogP contribution in [0.25, 0.3) is 0 Å². The van der Waals surface area contributed by atoms with Crippen LogP contribution in [-0.2, 0) is 11.3 Å². The molecule has 16 heavy (non-hydrogen) atoms. The molecule has 1 atom stereocenters. The zero-order chi connectivity index (χ0) is 12.1. The van der Waals surface area contributed by atoms with Crippen LogP contribution in [0.1, 0.15) is 12.5 Å². The van der Waals surface area contributed by atoms with Crippen molar-refractivity contribution in [1.29, 1.82) is 0 Å². The molecule has 0 fully saturated rings. The van der Waals surface area contributed by atoms with Crippen molar-refractivity contribution >= 4 is 17.5 Å². The van der Waals surface area contributed by atoms with Crippen LogP contribution < -0.4 is 5.32 Å². The number of carbonyl (C=O) groups is 1. The zero-order valence-corrected chi connectivity index (χ0v) is 10.6. The Bertz CT molecular complexity index is 368. The molecular formula is C12H17ClN2O. The first-order chi connectivity index (χ1) is 7.54. The van der Waals surface area contributed by atoms with Gasteiger partial charge in [0.15, 0.2) is 0 Å². The van der Waals surface area contributed by atoms with Crippen LogP contribution in [0.2, 0.25) is 5.02 Å². The number of likely N-dealkylation sites (N-methyl/N-ethyl adjacent to an activating group) is 2. The summed E-state index contributed by atoms with van der Waals surface area (Å²) in [5.41, 5.74) is 1.10. The maximum atomic E-state index is 11.4. The van der Waals surface area contributed by atoms with E-state index < -0.39 is 0 Å². The zero-order valence-electron chi connectivity index (χ0n) is 9.83. The molecule has 88 valence electrons. The van der Waals surface area contributed by atoms with Gasteiger partial charge in [0.1, 0.15) is 0 Å². The van der Waals surface area contributed by atoms with Gasteiger partial charge in [0.2, 0.25) is 5.91 Å². The molecule has 0 aliphatic rings. The third-order valence-corrected chi connectivity index (χ3v) is 2.84. The summed E-state index contributed by atoms with van der Waals surface area (Å²) in [5, 5.41) is 3.36. The maximum absolute atomic E-state index is 11.4. The van der Waals surface area contributed by atoms with Crippen molar-refractivity contribution in [3.63, 3.8) is 0 Å². The normalized spacial score (nSPS) is 12.6. The van der Waals surface area contributed by atoms with E-state index in [1.165, 1.54) is 0 Å². The van der Waals surface area contributed by atoms with Gasteiger partial charge in [-0.05, 0) is 31.7 Å².